The van der Waals surface area contributed by atoms with Crippen LogP contribution in [0, 0.1) is 0 Å². The zero-order chi connectivity index (χ0) is 15.9. The fourth-order valence-corrected chi connectivity index (χ4v) is 2.06. The minimum Gasteiger partial charge on any atom is -0.482 e. The molecule has 3 aromatic rings. The Morgan fingerprint density at radius 2 is 2.13 bits per heavy atom. The summed E-state index contributed by atoms with van der Waals surface area (Å²) in [6.45, 7) is 0.398. The van der Waals surface area contributed by atoms with E-state index in [4.69, 9.17) is 4.74 Å². The fraction of sp³-hybridized carbons (Fsp3) is 0.118. The van der Waals surface area contributed by atoms with E-state index < -0.39 is 0 Å². The Kier molecular flexibility index (Phi) is 4.63. The molecule has 0 aliphatic heterocycles. The van der Waals surface area contributed by atoms with Crippen molar-refractivity contribution in [1.82, 2.24) is 20.1 Å². The average molecular weight is 308 g/mol. The third-order valence-electron chi connectivity index (χ3n) is 3.17. The number of nitrogens with zero attached hydrogens (tertiary/aromatic N) is 3. The molecule has 1 aromatic carbocycles. The first-order valence-corrected chi connectivity index (χ1v) is 7.20. The van der Waals surface area contributed by atoms with Crippen LogP contribution in [0.4, 0.5) is 0 Å². The van der Waals surface area contributed by atoms with Gasteiger partial charge >= 0.3 is 0 Å². The topological polar surface area (TPSA) is 69.0 Å². The highest BCUT2D eigenvalue weighted by Crippen LogP contribution is 2.09. The van der Waals surface area contributed by atoms with Crippen LogP contribution in [-0.4, -0.2) is 27.3 Å². The van der Waals surface area contributed by atoms with Crippen molar-refractivity contribution in [2.45, 2.75) is 6.54 Å². The molecule has 0 aliphatic rings. The number of nitrogens with one attached hydrogen (secondary N) is 1. The highest BCUT2D eigenvalue weighted by atomic mass is 16.5. The molecule has 3 rings (SSSR count). The van der Waals surface area contributed by atoms with Gasteiger partial charge in [0, 0.05) is 25.1 Å². The van der Waals surface area contributed by atoms with Gasteiger partial charge in [-0.15, -0.1) is 0 Å². The molecule has 6 heteroatoms. The Labute approximate surface area is 133 Å². The van der Waals surface area contributed by atoms with E-state index in [1.54, 1.807) is 35.4 Å². The molecule has 116 valence electrons. The van der Waals surface area contributed by atoms with Gasteiger partial charge in [-0.05, 0) is 35.9 Å². The zero-order valence-corrected chi connectivity index (χ0v) is 12.4. The molecule has 6 nitrogen and oxygen atoms in total. The van der Waals surface area contributed by atoms with Crippen LogP contribution in [0.15, 0.2) is 67.3 Å². The van der Waals surface area contributed by atoms with Crippen LogP contribution in [0.1, 0.15) is 5.56 Å². The monoisotopic (exact) mass is 308 g/mol. The van der Waals surface area contributed by atoms with Crippen molar-refractivity contribution < 1.29 is 9.53 Å². The van der Waals surface area contributed by atoms with Gasteiger partial charge in [-0.25, -0.2) is 4.68 Å². The molecule has 0 radical (unpaired) electrons. The van der Waals surface area contributed by atoms with Crippen LogP contribution in [0.5, 0.6) is 5.75 Å². The number of hydrogen-bond acceptors (Lipinski definition) is 4. The predicted molar refractivity (Wildman–Crippen MR) is 85.1 cm³/mol. The van der Waals surface area contributed by atoms with Gasteiger partial charge in [0.15, 0.2) is 6.61 Å². The second-order valence-electron chi connectivity index (χ2n) is 4.87. The Morgan fingerprint density at radius 1 is 1.17 bits per heavy atom. The number of ether oxygens (including phenoxy) is 1. The van der Waals surface area contributed by atoms with Crippen LogP contribution in [0.3, 0.4) is 0 Å². The van der Waals surface area contributed by atoms with Crippen molar-refractivity contribution in [3.63, 3.8) is 0 Å². The van der Waals surface area contributed by atoms with Gasteiger partial charge in [-0.2, -0.15) is 5.10 Å². The van der Waals surface area contributed by atoms with E-state index in [0.717, 1.165) is 11.3 Å². The van der Waals surface area contributed by atoms with E-state index in [0.29, 0.717) is 12.3 Å². The van der Waals surface area contributed by atoms with Crippen LogP contribution in [-0.2, 0) is 11.3 Å². The Bertz CT molecular complexity index is 757. The van der Waals surface area contributed by atoms with Crippen LogP contribution in [0.25, 0.3) is 5.69 Å². The first kappa shape index (κ1) is 14.8. The van der Waals surface area contributed by atoms with Crippen LogP contribution < -0.4 is 10.1 Å². The molecule has 23 heavy (non-hydrogen) atoms. The molecule has 0 aliphatic carbocycles. The number of carbonyl (C=O) groups is 1. The smallest absolute Gasteiger partial charge is 0.258 e. The Balaban J connectivity index is 1.52. The third kappa shape index (κ3) is 4.16. The summed E-state index contributed by atoms with van der Waals surface area (Å²) in [5.41, 5.74) is 1.95. The second-order valence-corrected chi connectivity index (χ2v) is 4.87. The summed E-state index contributed by atoms with van der Waals surface area (Å²) in [7, 11) is 0. The van der Waals surface area contributed by atoms with Crippen molar-refractivity contribution in [2.75, 3.05) is 6.61 Å². The van der Waals surface area contributed by atoms with Gasteiger partial charge < -0.3 is 10.1 Å². The van der Waals surface area contributed by atoms with Crippen molar-refractivity contribution in [3.8, 4) is 11.4 Å². The summed E-state index contributed by atoms with van der Waals surface area (Å²) >= 11 is 0. The summed E-state index contributed by atoms with van der Waals surface area (Å²) in [6, 6.07) is 13.2. The van der Waals surface area contributed by atoms with Gasteiger partial charge in [0.1, 0.15) is 5.75 Å². The first-order chi connectivity index (χ1) is 11.3. The van der Waals surface area contributed by atoms with Crippen molar-refractivity contribution in [1.29, 1.82) is 0 Å². The molecule has 0 saturated heterocycles. The lowest BCUT2D eigenvalue weighted by atomic mass is 10.2. The van der Waals surface area contributed by atoms with Crippen molar-refractivity contribution >= 4 is 5.91 Å². The minimum atomic E-state index is -0.182. The highest BCUT2D eigenvalue weighted by molar-refractivity contribution is 5.77. The van der Waals surface area contributed by atoms with Gasteiger partial charge in [-0.3, -0.25) is 9.78 Å². The molecule has 1 amide bonds. The molecule has 0 atom stereocenters. The number of pyridine rings is 1. The molecule has 1 N–H and O–H groups in total. The fourth-order valence-electron chi connectivity index (χ4n) is 2.06. The average Bonchev–Trinajstić information content (AvgIpc) is 3.14. The van der Waals surface area contributed by atoms with Crippen molar-refractivity contribution in [3.05, 3.63) is 72.8 Å². The summed E-state index contributed by atoms with van der Waals surface area (Å²) < 4.78 is 7.12. The lowest BCUT2D eigenvalue weighted by Crippen LogP contribution is -2.28. The summed E-state index contributed by atoms with van der Waals surface area (Å²) in [6.07, 6.45) is 6.82. The van der Waals surface area contributed by atoms with E-state index in [1.165, 1.54) is 0 Å². The van der Waals surface area contributed by atoms with Gasteiger partial charge in [0.2, 0.25) is 0 Å². The van der Waals surface area contributed by atoms with Crippen molar-refractivity contribution in [2.24, 2.45) is 0 Å². The minimum absolute atomic E-state index is 0.0372. The number of rotatable bonds is 6. The molecular formula is C17H16N4O2. The van der Waals surface area contributed by atoms with Crippen LogP contribution in [0.2, 0.25) is 0 Å². The maximum Gasteiger partial charge on any atom is 0.258 e. The van der Waals surface area contributed by atoms with E-state index in [2.05, 4.69) is 15.4 Å². The summed E-state index contributed by atoms with van der Waals surface area (Å²) in [5, 5.41) is 7.02. The molecular weight excluding hydrogens is 292 g/mol. The molecule has 0 spiro atoms. The highest BCUT2D eigenvalue weighted by Gasteiger charge is 2.04. The van der Waals surface area contributed by atoms with Crippen LogP contribution >= 0.6 is 0 Å². The maximum atomic E-state index is 11.8. The summed E-state index contributed by atoms with van der Waals surface area (Å²) in [4.78, 5) is 15.8. The third-order valence-corrected chi connectivity index (χ3v) is 3.17. The van der Waals surface area contributed by atoms with Gasteiger partial charge in [0.05, 0.1) is 11.9 Å². The van der Waals surface area contributed by atoms with E-state index in [-0.39, 0.29) is 12.5 Å². The van der Waals surface area contributed by atoms with E-state index in [9.17, 15) is 4.79 Å². The zero-order valence-electron chi connectivity index (χ0n) is 12.4. The molecule has 0 bridgehead atoms. The predicted octanol–water partition coefficient (Wildman–Crippen LogP) is 1.96. The quantitative estimate of drug-likeness (QED) is 0.756. The van der Waals surface area contributed by atoms with Gasteiger partial charge in [-0.1, -0.05) is 12.1 Å². The molecule has 0 unspecified atom stereocenters. The Morgan fingerprint density at radius 3 is 2.91 bits per heavy atom. The molecule has 2 heterocycles. The Hall–Kier alpha value is -3.15. The lowest BCUT2D eigenvalue weighted by Gasteiger charge is -2.08. The molecule has 2 aromatic heterocycles. The first-order valence-electron chi connectivity index (χ1n) is 7.20. The maximum absolute atomic E-state index is 11.8. The summed E-state index contributed by atoms with van der Waals surface area (Å²) in [5.74, 6) is 0.390. The standard InChI is InChI=1S/C17H16N4O2/c22-17(13-23-16-6-2-7-18-12-16)19-11-14-4-1-5-15(10-14)21-9-3-8-20-21/h1-10,12H,11,13H2,(H,19,22). The SMILES string of the molecule is O=C(COc1cccnc1)NCc1cccc(-n2cccn2)c1. The van der Waals surface area contributed by atoms with Gasteiger partial charge in [0.25, 0.3) is 5.91 Å². The van der Waals surface area contributed by atoms with E-state index >= 15 is 0 Å². The number of benzene rings is 1. The molecule has 0 saturated carbocycles. The number of amides is 1. The second kappa shape index (κ2) is 7.22. The lowest BCUT2D eigenvalue weighted by molar-refractivity contribution is -0.123. The largest absolute Gasteiger partial charge is 0.482 e. The number of carbonyl (C=O) groups excluding carboxylic acids is 1. The number of aromatic nitrogens is 3. The normalized spacial score (nSPS) is 10.3. The van der Waals surface area contributed by atoms with E-state index in [1.807, 2.05) is 36.5 Å². The number of hydrogen-bond donors (Lipinski definition) is 1. The molecule has 0 fully saturated rings.